The standard InChI is InChI=1S/C26H30N2O3S/c1-5-20-13-14-21(6-2)22(17-20)18-27-26(29)24-9-7-8-10-25(24)28(4)32(30,31)23-15-11-19(3)12-16-23/h7-17H,5-6,18H2,1-4H3,(H,27,29). The van der Waals surface area contributed by atoms with Gasteiger partial charge in [-0.1, -0.05) is 61.9 Å². The highest BCUT2D eigenvalue weighted by molar-refractivity contribution is 7.92. The van der Waals surface area contributed by atoms with Crippen LogP contribution in [-0.2, 0) is 29.4 Å². The third-order valence-corrected chi connectivity index (χ3v) is 7.45. The van der Waals surface area contributed by atoms with E-state index in [9.17, 15) is 13.2 Å². The Bertz CT molecular complexity index is 1200. The Morgan fingerprint density at radius 2 is 1.59 bits per heavy atom. The van der Waals surface area contributed by atoms with Crippen LogP contribution in [0.4, 0.5) is 5.69 Å². The first kappa shape index (κ1) is 23.5. The molecule has 0 fully saturated rings. The number of hydrogen-bond donors (Lipinski definition) is 1. The molecule has 1 N–H and O–H groups in total. The fourth-order valence-electron chi connectivity index (χ4n) is 3.62. The van der Waals surface area contributed by atoms with Crippen LogP contribution in [-0.4, -0.2) is 21.4 Å². The molecule has 5 nitrogen and oxygen atoms in total. The molecule has 0 saturated heterocycles. The molecule has 3 aromatic carbocycles. The second-order valence-corrected chi connectivity index (χ2v) is 9.76. The van der Waals surface area contributed by atoms with Crippen LogP contribution < -0.4 is 9.62 Å². The van der Waals surface area contributed by atoms with Crippen LogP contribution in [0.2, 0.25) is 0 Å². The molecule has 0 saturated carbocycles. The van der Waals surface area contributed by atoms with Crippen LogP contribution in [0, 0.1) is 6.92 Å². The summed E-state index contributed by atoms with van der Waals surface area (Å²) in [7, 11) is -2.32. The average Bonchev–Trinajstić information content (AvgIpc) is 2.82. The lowest BCUT2D eigenvalue weighted by atomic mass is 10.0. The van der Waals surface area contributed by atoms with Crippen molar-refractivity contribution in [3.8, 4) is 0 Å². The van der Waals surface area contributed by atoms with Crippen molar-refractivity contribution < 1.29 is 13.2 Å². The molecule has 0 aliphatic carbocycles. The number of sulfonamides is 1. The molecule has 0 bridgehead atoms. The molecule has 32 heavy (non-hydrogen) atoms. The van der Waals surface area contributed by atoms with E-state index < -0.39 is 10.0 Å². The van der Waals surface area contributed by atoms with Gasteiger partial charge in [-0.2, -0.15) is 0 Å². The molecule has 0 spiro atoms. The normalized spacial score (nSPS) is 11.2. The van der Waals surface area contributed by atoms with E-state index in [0.717, 1.165) is 24.0 Å². The van der Waals surface area contributed by atoms with Crippen molar-refractivity contribution in [3.63, 3.8) is 0 Å². The first-order valence-electron chi connectivity index (χ1n) is 10.8. The van der Waals surface area contributed by atoms with Gasteiger partial charge >= 0.3 is 0 Å². The van der Waals surface area contributed by atoms with E-state index >= 15 is 0 Å². The van der Waals surface area contributed by atoms with Crippen molar-refractivity contribution in [2.75, 3.05) is 11.4 Å². The summed E-state index contributed by atoms with van der Waals surface area (Å²) < 4.78 is 27.5. The van der Waals surface area contributed by atoms with Gasteiger partial charge in [-0.05, 0) is 60.7 Å². The van der Waals surface area contributed by atoms with Gasteiger partial charge in [-0.25, -0.2) is 8.42 Å². The Labute approximate surface area is 191 Å². The highest BCUT2D eigenvalue weighted by Gasteiger charge is 2.25. The van der Waals surface area contributed by atoms with Gasteiger partial charge in [0.1, 0.15) is 0 Å². The quantitative estimate of drug-likeness (QED) is 0.532. The van der Waals surface area contributed by atoms with Gasteiger partial charge in [0.2, 0.25) is 0 Å². The topological polar surface area (TPSA) is 66.5 Å². The Morgan fingerprint density at radius 1 is 0.906 bits per heavy atom. The predicted molar refractivity (Wildman–Crippen MR) is 130 cm³/mol. The van der Waals surface area contributed by atoms with Gasteiger partial charge in [-0.3, -0.25) is 9.10 Å². The summed E-state index contributed by atoms with van der Waals surface area (Å²) >= 11 is 0. The molecule has 3 rings (SSSR count). The minimum atomic E-state index is -3.80. The SMILES string of the molecule is CCc1ccc(CC)c(CNC(=O)c2ccccc2N(C)S(=O)(=O)c2ccc(C)cc2)c1. The maximum Gasteiger partial charge on any atom is 0.264 e. The molecule has 3 aromatic rings. The largest absolute Gasteiger partial charge is 0.348 e. The molecule has 0 heterocycles. The van der Waals surface area contributed by atoms with Crippen molar-refractivity contribution in [2.45, 2.75) is 45.1 Å². The third-order valence-electron chi connectivity index (χ3n) is 5.67. The zero-order valence-electron chi connectivity index (χ0n) is 19.1. The molecule has 0 atom stereocenters. The minimum Gasteiger partial charge on any atom is -0.348 e. The van der Waals surface area contributed by atoms with Gasteiger partial charge in [0, 0.05) is 13.6 Å². The first-order valence-corrected chi connectivity index (χ1v) is 12.3. The van der Waals surface area contributed by atoms with E-state index in [1.165, 1.54) is 22.5 Å². The number of hydrogen-bond acceptors (Lipinski definition) is 3. The van der Waals surface area contributed by atoms with E-state index in [-0.39, 0.29) is 10.8 Å². The van der Waals surface area contributed by atoms with Crippen LogP contribution in [0.15, 0.2) is 71.6 Å². The zero-order chi connectivity index (χ0) is 23.3. The number of rotatable bonds is 8. The lowest BCUT2D eigenvalue weighted by molar-refractivity contribution is 0.0951. The summed E-state index contributed by atoms with van der Waals surface area (Å²) in [5.41, 5.74) is 5.12. The van der Waals surface area contributed by atoms with E-state index in [1.807, 2.05) is 6.92 Å². The van der Waals surface area contributed by atoms with E-state index in [1.54, 1.807) is 48.5 Å². The van der Waals surface area contributed by atoms with Crippen molar-refractivity contribution in [3.05, 3.63) is 94.5 Å². The predicted octanol–water partition coefficient (Wildman–Crippen LogP) is 4.87. The zero-order valence-corrected chi connectivity index (χ0v) is 19.9. The number of carbonyl (C=O) groups excluding carboxylic acids is 1. The number of carbonyl (C=O) groups is 1. The van der Waals surface area contributed by atoms with Crippen molar-refractivity contribution >= 4 is 21.6 Å². The third kappa shape index (κ3) is 5.02. The van der Waals surface area contributed by atoms with Gasteiger partial charge in [0.15, 0.2) is 0 Å². The fourth-order valence-corrected chi connectivity index (χ4v) is 4.83. The number of amides is 1. The average molecular weight is 451 g/mol. The smallest absolute Gasteiger partial charge is 0.264 e. The van der Waals surface area contributed by atoms with Crippen LogP contribution in [0.5, 0.6) is 0 Å². The number of aryl methyl sites for hydroxylation is 3. The Balaban J connectivity index is 1.86. The fraction of sp³-hybridized carbons (Fsp3) is 0.269. The Morgan fingerprint density at radius 3 is 2.25 bits per heavy atom. The summed E-state index contributed by atoms with van der Waals surface area (Å²) in [5, 5.41) is 2.97. The molecule has 0 aliphatic heterocycles. The molecular weight excluding hydrogens is 420 g/mol. The summed E-state index contributed by atoms with van der Waals surface area (Å²) in [6, 6.07) is 19.8. The maximum atomic E-state index is 13.1. The summed E-state index contributed by atoms with van der Waals surface area (Å²) in [6.07, 6.45) is 1.80. The number of nitrogens with one attached hydrogen (secondary N) is 1. The minimum absolute atomic E-state index is 0.185. The molecule has 0 radical (unpaired) electrons. The molecule has 0 unspecified atom stereocenters. The molecular formula is C26H30N2O3S. The number of para-hydroxylation sites is 1. The maximum absolute atomic E-state index is 13.1. The van der Waals surface area contributed by atoms with Crippen LogP contribution in [0.3, 0.4) is 0 Å². The number of anilines is 1. The second kappa shape index (κ2) is 10.0. The lowest BCUT2D eigenvalue weighted by Crippen LogP contribution is -2.30. The monoisotopic (exact) mass is 450 g/mol. The number of benzene rings is 3. The molecule has 0 aromatic heterocycles. The van der Waals surface area contributed by atoms with Gasteiger partial charge < -0.3 is 5.32 Å². The molecule has 6 heteroatoms. The van der Waals surface area contributed by atoms with Crippen molar-refractivity contribution in [2.24, 2.45) is 0 Å². The van der Waals surface area contributed by atoms with Crippen LogP contribution in [0.1, 0.15) is 46.5 Å². The molecule has 0 aliphatic rings. The van der Waals surface area contributed by atoms with Crippen LogP contribution in [0.25, 0.3) is 0 Å². The van der Waals surface area contributed by atoms with Crippen LogP contribution >= 0.6 is 0 Å². The highest BCUT2D eigenvalue weighted by Crippen LogP contribution is 2.26. The highest BCUT2D eigenvalue weighted by atomic mass is 32.2. The van der Waals surface area contributed by atoms with Gasteiger partial charge in [0.25, 0.3) is 15.9 Å². The van der Waals surface area contributed by atoms with Crippen molar-refractivity contribution in [1.82, 2.24) is 5.32 Å². The first-order chi connectivity index (χ1) is 15.3. The van der Waals surface area contributed by atoms with Gasteiger partial charge in [0.05, 0.1) is 16.1 Å². The second-order valence-electron chi connectivity index (χ2n) is 7.80. The van der Waals surface area contributed by atoms with E-state index in [4.69, 9.17) is 0 Å². The Kier molecular flexibility index (Phi) is 7.36. The Hall–Kier alpha value is -3.12. The summed E-state index contributed by atoms with van der Waals surface area (Å²) in [6.45, 7) is 6.48. The summed E-state index contributed by atoms with van der Waals surface area (Å²) in [4.78, 5) is 13.3. The van der Waals surface area contributed by atoms with E-state index in [0.29, 0.717) is 17.8 Å². The molecule has 168 valence electrons. The lowest BCUT2D eigenvalue weighted by Gasteiger charge is -2.22. The number of nitrogens with zero attached hydrogens (tertiary/aromatic N) is 1. The molecule has 1 amide bonds. The van der Waals surface area contributed by atoms with Gasteiger partial charge in [-0.15, -0.1) is 0 Å². The van der Waals surface area contributed by atoms with Crippen molar-refractivity contribution in [1.29, 1.82) is 0 Å². The summed E-state index contributed by atoms with van der Waals surface area (Å²) in [5.74, 6) is -0.310. The van der Waals surface area contributed by atoms with E-state index in [2.05, 4.69) is 37.4 Å².